The van der Waals surface area contributed by atoms with E-state index in [1.54, 1.807) is 12.1 Å². The average Bonchev–Trinajstić information content (AvgIpc) is 2.16. The van der Waals surface area contributed by atoms with E-state index in [0.29, 0.717) is 5.92 Å². The van der Waals surface area contributed by atoms with Crippen LogP contribution < -0.4 is 0 Å². The maximum Gasteiger partial charge on any atom is 0.123 e. The predicted octanol–water partition coefficient (Wildman–Crippen LogP) is 4.25. The van der Waals surface area contributed by atoms with Crippen LogP contribution in [0.25, 0.3) is 5.57 Å². The molecule has 15 heavy (non-hydrogen) atoms. The van der Waals surface area contributed by atoms with Gasteiger partial charge in [-0.25, -0.2) is 4.39 Å². The van der Waals surface area contributed by atoms with Crippen molar-refractivity contribution in [3.63, 3.8) is 0 Å². The van der Waals surface area contributed by atoms with Gasteiger partial charge in [0.2, 0.25) is 0 Å². The molecule has 0 saturated carbocycles. The molecular formula is C13H14ClF. The third-order valence-corrected chi connectivity index (χ3v) is 3.08. The number of hydrogen-bond donors (Lipinski definition) is 0. The lowest BCUT2D eigenvalue weighted by Crippen LogP contribution is -2.11. The van der Waals surface area contributed by atoms with Gasteiger partial charge in [-0.05, 0) is 42.0 Å². The molecule has 0 N–H and O–H groups in total. The second-order valence-corrected chi connectivity index (χ2v) is 4.82. The van der Waals surface area contributed by atoms with E-state index in [4.69, 9.17) is 11.6 Å². The smallest absolute Gasteiger partial charge is 0.123 e. The standard InChI is InChI=1S/C13H14ClF/c1-9-5-11(7-12(14)6-9)10-3-2-4-13(15)8-10/h2-4,7-9,12H,5-6H2,1H3. The Kier molecular flexibility index (Phi) is 3.11. The normalized spacial score (nSPS) is 26.2. The van der Waals surface area contributed by atoms with Gasteiger partial charge in [0.05, 0.1) is 5.38 Å². The molecule has 0 aliphatic heterocycles. The molecule has 2 atom stereocenters. The van der Waals surface area contributed by atoms with Crippen molar-refractivity contribution in [1.29, 1.82) is 0 Å². The molecule has 0 radical (unpaired) electrons. The van der Waals surface area contributed by atoms with Gasteiger partial charge in [0.25, 0.3) is 0 Å². The minimum Gasteiger partial charge on any atom is -0.207 e. The summed E-state index contributed by atoms with van der Waals surface area (Å²) in [5.74, 6) is 0.397. The van der Waals surface area contributed by atoms with E-state index in [-0.39, 0.29) is 11.2 Å². The Balaban J connectivity index is 2.30. The van der Waals surface area contributed by atoms with Crippen LogP contribution in [-0.4, -0.2) is 5.38 Å². The predicted molar refractivity (Wildman–Crippen MR) is 62.4 cm³/mol. The minimum atomic E-state index is -0.183. The van der Waals surface area contributed by atoms with E-state index in [9.17, 15) is 4.39 Å². The fourth-order valence-corrected chi connectivity index (χ4v) is 2.56. The van der Waals surface area contributed by atoms with Gasteiger partial charge >= 0.3 is 0 Å². The van der Waals surface area contributed by atoms with Gasteiger partial charge in [-0.3, -0.25) is 0 Å². The molecule has 0 fully saturated rings. The molecule has 2 rings (SSSR count). The highest BCUT2D eigenvalue weighted by atomic mass is 35.5. The van der Waals surface area contributed by atoms with Crippen molar-refractivity contribution in [3.8, 4) is 0 Å². The number of hydrogen-bond acceptors (Lipinski definition) is 0. The maximum absolute atomic E-state index is 13.1. The number of alkyl halides is 1. The molecule has 0 nitrogen and oxygen atoms in total. The fourth-order valence-electron chi connectivity index (χ4n) is 2.10. The lowest BCUT2D eigenvalue weighted by molar-refractivity contribution is 0.540. The van der Waals surface area contributed by atoms with Gasteiger partial charge in [0, 0.05) is 0 Å². The van der Waals surface area contributed by atoms with Crippen LogP contribution >= 0.6 is 11.6 Å². The highest BCUT2D eigenvalue weighted by Gasteiger charge is 2.18. The summed E-state index contributed by atoms with van der Waals surface area (Å²) < 4.78 is 13.1. The molecule has 0 spiro atoms. The van der Waals surface area contributed by atoms with E-state index in [0.717, 1.165) is 18.4 Å². The first kappa shape index (κ1) is 10.7. The van der Waals surface area contributed by atoms with Crippen LogP contribution in [0.1, 0.15) is 25.3 Å². The maximum atomic E-state index is 13.1. The fraction of sp³-hybridized carbons (Fsp3) is 0.385. The third kappa shape index (κ3) is 2.60. The molecule has 1 aliphatic carbocycles. The van der Waals surface area contributed by atoms with Crippen molar-refractivity contribution in [2.45, 2.75) is 25.1 Å². The van der Waals surface area contributed by atoms with Crippen LogP contribution in [-0.2, 0) is 0 Å². The molecule has 1 aliphatic rings. The van der Waals surface area contributed by atoms with Gasteiger partial charge < -0.3 is 0 Å². The Hall–Kier alpha value is -0.820. The lowest BCUT2D eigenvalue weighted by Gasteiger charge is -2.22. The van der Waals surface area contributed by atoms with Crippen molar-refractivity contribution in [3.05, 3.63) is 41.7 Å². The zero-order chi connectivity index (χ0) is 10.8. The third-order valence-electron chi connectivity index (χ3n) is 2.77. The number of halogens is 2. The van der Waals surface area contributed by atoms with Crippen molar-refractivity contribution in [2.24, 2.45) is 5.92 Å². The first-order valence-corrected chi connectivity index (χ1v) is 5.69. The van der Waals surface area contributed by atoms with E-state index < -0.39 is 0 Å². The molecular weight excluding hydrogens is 211 g/mol. The van der Waals surface area contributed by atoms with Crippen molar-refractivity contribution >= 4 is 17.2 Å². The molecule has 2 heteroatoms. The topological polar surface area (TPSA) is 0 Å². The first-order chi connectivity index (χ1) is 7.15. The van der Waals surface area contributed by atoms with Crippen LogP contribution in [0.15, 0.2) is 30.3 Å². The quantitative estimate of drug-likeness (QED) is 0.626. The number of rotatable bonds is 1. The summed E-state index contributed by atoms with van der Waals surface area (Å²) in [6.07, 6.45) is 4.06. The molecule has 0 amide bonds. The average molecular weight is 225 g/mol. The second kappa shape index (κ2) is 4.36. The number of benzene rings is 1. The van der Waals surface area contributed by atoms with Crippen LogP contribution in [0.2, 0.25) is 0 Å². The molecule has 0 heterocycles. The zero-order valence-electron chi connectivity index (χ0n) is 8.71. The summed E-state index contributed by atoms with van der Waals surface area (Å²) in [6.45, 7) is 2.18. The Morgan fingerprint density at radius 3 is 2.87 bits per heavy atom. The molecule has 1 aromatic carbocycles. The Morgan fingerprint density at radius 1 is 1.40 bits per heavy atom. The van der Waals surface area contributed by atoms with Crippen LogP contribution in [0, 0.1) is 11.7 Å². The van der Waals surface area contributed by atoms with Gasteiger partial charge in [-0.15, -0.1) is 11.6 Å². The number of allylic oxidation sites excluding steroid dienone is 2. The first-order valence-electron chi connectivity index (χ1n) is 5.26. The summed E-state index contributed by atoms with van der Waals surface area (Å²) >= 11 is 6.13. The highest BCUT2D eigenvalue weighted by molar-refractivity contribution is 6.22. The van der Waals surface area contributed by atoms with Crippen molar-refractivity contribution in [1.82, 2.24) is 0 Å². The highest BCUT2D eigenvalue weighted by Crippen LogP contribution is 2.32. The molecule has 2 unspecified atom stereocenters. The molecule has 0 aromatic heterocycles. The van der Waals surface area contributed by atoms with Crippen LogP contribution in [0.5, 0.6) is 0 Å². The Morgan fingerprint density at radius 2 is 2.20 bits per heavy atom. The van der Waals surface area contributed by atoms with E-state index in [1.165, 1.54) is 11.6 Å². The van der Waals surface area contributed by atoms with E-state index >= 15 is 0 Å². The van der Waals surface area contributed by atoms with Gasteiger partial charge in [0.15, 0.2) is 0 Å². The summed E-state index contributed by atoms with van der Waals surface area (Å²) in [5.41, 5.74) is 2.14. The van der Waals surface area contributed by atoms with E-state index in [1.807, 2.05) is 6.07 Å². The van der Waals surface area contributed by atoms with Crippen molar-refractivity contribution < 1.29 is 4.39 Å². The zero-order valence-corrected chi connectivity index (χ0v) is 9.47. The second-order valence-electron chi connectivity index (χ2n) is 4.26. The van der Waals surface area contributed by atoms with Gasteiger partial charge in [-0.1, -0.05) is 25.1 Å². The van der Waals surface area contributed by atoms with Gasteiger partial charge in [0.1, 0.15) is 5.82 Å². The lowest BCUT2D eigenvalue weighted by atomic mass is 9.86. The van der Waals surface area contributed by atoms with Crippen LogP contribution in [0.4, 0.5) is 4.39 Å². The van der Waals surface area contributed by atoms with Crippen LogP contribution in [0.3, 0.4) is 0 Å². The molecule has 80 valence electrons. The largest absolute Gasteiger partial charge is 0.207 e. The monoisotopic (exact) mass is 224 g/mol. The summed E-state index contributed by atoms with van der Waals surface area (Å²) in [4.78, 5) is 0. The molecule has 0 saturated heterocycles. The summed E-state index contributed by atoms with van der Waals surface area (Å²) in [7, 11) is 0. The van der Waals surface area contributed by atoms with E-state index in [2.05, 4.69) is 13.0 Å². The van der Waals surface area contributed by atoms with Crippen molar-refractivity contribution in [2.75, 3.05) is 0 Å². The molecule has 1 aromatic rings. The van der Waals surface area contributed by atoms with Gasteiger partial charge in [-0.2, -0.15) is 0 Å². The minimum absolute atomic E-state index is 0.0898. The SMILES string of the molecule is CC1CC(c2cccc(F)c2)=CC(Cl)C1. The Bertz CT molecular complexity index is 384. The molecule has 0 bridgehead atoms. The Labute approximate surface area is 94.8 Å². The summed E-state index contributed by atoms with van der Waals surface area (Å²) in [5, 5.41) is 0.0898. The summed E-state index contributed by atoms with van der Waals surface area (Å²) in [6, 6.07) is 6.73.